The van der Waals surface area contributed by atoms with Gasteiger partial charge in [0.2, 0.25) is 0 Å². The molecule has 0 aliphatic heterocycles. The predicted molar refractivity (Wildman–Crippen MR) is 93.2 cm³/mol. The van der Waals surface area contributed by atoms with Gasteiger partial charge in [-0.05, 0) is 42.3 Å². The Morgan fingerprint density at radius 3 is 2.58 bits per heavy atom. The number of halogens is 1. The average molecular weight is 350 g/mol. The van der Waals surface area contributed by atoms with E-state index < -0.39 is 0 Å². The largest absolute Gasteiger partial charge is 0.493 e. The van der Waals surface area contributed by atoms with E-state index >= 15 is 0 Å². The zero-order valence-electron chi connectivity index (χ0n) is 13.7. The number of hydrogen-bond donors (Lipinski definition) is 1. The Kier molecular flexibility index (Phi) is 6.75. The topological polar surface area (TPSA) is 56.8 Å². The Morgan fingerprint density at radius 1 is 1.08 bits per heavy atom. The first-order valence-corrected chi connectivity index (χ1v) is 7.86. The number of nitrogens with one attached hydrogen (secondary N) is 1. The molecule has 0 aromatic heterocycles. The highest BCUT2D eigenvalue weighted by Crippen LogP contribution is 2.27. The molecule has 6 heteroatoms. The Morgan fingerprint density at radius 2 is 1.88 bits per heavy atom. The van der Waals surface area contributed by atoms with Gasteiger partial charge in [0.05, 0.1) is 14.2 Å². The van der Waals surface area contributed by atoms with Crippen molar-refractivity contribution >= 4 is 17.5 Å². The minimum Gasteiger partial charge on any atom is -0.493 e. The quantitative estimate of drug-likeness (QED) is 0.795. The zero-order valence-corrected chi connectivity index (χ0v) is 14.4. The third-order valence-corrected chi connectivity index (χ3v) is 3.58. The Balaban J connectivity index is 1.76. The van der Waals surface area contributed by atoms with Crippen LogP contribution in [0.1, 0.15) is 5.56 Å². The molecule has 1 amide bonds. The SMILES string of the molecule is COc1ccc(CCNC(=O)COc2cccc(Cl)c2)cc1OC. The molecule has 0 saturated heterocycles. The summed E-state index contributed by atoms with van der Waals surface area (Å²) in [5, 5.41) is 3.38. The molecule has 1 N–H and O–H groups in total. The van der Waals surface area contributed by atoms with Gasteiger partial charge >= 0.3 is 0 Å². The van der Waals surface area contributed by atoms with Crippen LogP contribution in [0.2, 0.25) is 5.02 Å². The fraction of sp³-hybridized carbons (Fsp3) is 0.278. The normalized spacial score (nSPS) is 10.1. The third-order valence-electron chi connectivity index (χ3n) is 3.35. The summed E-state index contributed by atoms with van der Waals surface area (Å²) in [6.07, 6.45) is 0.684. The van der Waals surface area contributed by atoms with Crippen LogP contribution in [-0.4, -0.2) is 33.3 Å². The predicted octanol–water partition coefficient (Wildman–Crippen LogP) is 3.09. The van der Waals surface area contributed by atoms with Crippen molar-refractivity contribution in [3.8, 4) is 17.2 Å². The summed E-state index contributed by atoms with van der Waals surface area (Å²) in [6, 6.07) is 12.6. The van der Waals surface area contributed by atoms with Crippen molar-refractivity contribution in [2.75, 3.05) is 27.4 Å². The van der Waals surface area contributed by atoms with E-state index in [4.69, 9.17) is 25.8 Å². The lowest BCUT2D eigenvalue weighted by atomic mass is 10.1. The Bertz CT molecular complexity index is 690. The Labute approximate surface area is 146 Å². The van der Waals surface area contributed by atoms with Gasteiger partial charge in [0.1, 0.15) is 5.75 Å². The molecule has 0 unspecified atom stereocenters. The van der Waals surface area contributed by atoms with Crippen molar-refractivity contribution in [3.63, 3.8) is 0 Å². The third kappa shape index (κ3) is 5.35. The molecule has 0 fully saturated rings. The number of hydrogen-bond acceptors (Lipinski definition) is 4. The summed E-state index contributed by atoms with van der Waals surface area (Å²) < 4.78 is 15.8. The molecular formula is C18H20ClNO4. The maximum atomic E-state index is 11.8. The monoisotopic (exact) mass is 349 g/mol. The van der Waals surface area contributed by atoms with Crippen LogP contribution in [-0.2, 0) is 11.2 Å². The molecule has 0 spiro atoms. The molecule has 128 valence electrons. The molecule has 24 heavy (non-hydrogen) atoms. The first kappa shape index (κ1) is 17.9. The number of rotatable bonds is 8. The lowest BCUT2D eigenvalue weighted by molar-refractivity contribution is -0.123. The second-order valence-electron chi connectivity index (χ2n) is 5.04. The van der Waals surface area contributed by atoms with E-state index in [0.29, 0.717) is 35.2 Å². The van der Waals surface area contributed by atoms with Crippen LogP contribution >= 0.6 is 11.6 Å². The molecule has 0 radical (unpaired) electrons. The van der Waals surface area contributed by atoms with Crippen molar-refractivity contribution in [1.82, 2.24) is 5.32 Å². The second-order valence-corrected chi connectivity index (χ2v) is 5.47. The van der Waals surface area contributed by atoms with E-state index in [-0.39, 0.29) is 12.5 Å². The minimum atomic E-state index is -0.185. The van der Waals surface area contributed by atoms with E-state index in [2.05, 4.69) is 5.32 Å². The van der Waals surface area contributed by atoms with E-state index in [1.807, 2.05) is 18.2 Å². The van der Waals surface area contributed by atoms with Crippen molar-refractivity contribution in [2.45, 2.75) is 6.42 Å². The minimum absolute atomic E-state index is 0.0493. The van der Waals surface area contributed by atoms with E-state index in [0.717, 1.165) is 5.56 Å². The second kappa shape index (κ2) is 9.03. The average Bonchev–Trinajstić information content (AvgIpc) is 2.60. The number of benzene rings is 2. The van der Waals surface area contributed by atoms with Gasteiger partial charge in [0.15, 0.2) is 18.1 Å². The highest BCUT2D eigenvalue weighted by molar-refractivity contribution is 6.30. The number of ether oxygens (including phenoxy) is 3. The number of amides is 1. The van der Waals surface area contributed by atoms with Gasteiger partial charge in [-0.2, -0.15) is 0 Å². The zero-order chi connectivity index (χ0) is 17.4. The first-order valence-electron chi connectivity index (χ1n) is 7.48. The van der Waals surface area contributed by atoms with E-state index in [1.54, 1.807) is 38.5 Å². The number of carbonyl (C=O) groups is 1. The van der Waals surface area contributed by atoms with Crippen LogP contribution in [0.25, 0.3) is 0 Å². The molecule has 0 heterocycles. The van der Waals surface area contributed by atoms with Crippen molar-refractivity contribution in [3.05, 3.63) is 53.1 Å². The lowest BCUT2D eigenvalue weighted by Crippen LogP contribution is -2.30. The fourth-order valence-corrected chi connectivity index (χ4v) is 2.32. The molecule has 2 rings (SSSR count). The molecule has 5 nitrogen and oxygen atoms in total. The Hall–Kier alpha value is -2.40. The molecule has 0 bridgehead atoms. The summed E-state index contributed by atoms with van der Waals surface area (Å²) in [6.45, 7) is 0.458. The summed E-state index contributed by atoms with van der Waals surface area (Å²) in [5.41, 5.74) is 1.05. The van der Waals surface area contributed by atoms with Crippen molar-refractivity contribution in [2.24, 2.45) is 0 Å². The summed E-state index contributed by atoms with van der Waals surface area (Å²) in [4.78, 5) is 11.8. The van der Waals surface area contributed by atoms with Gasteiger partial charge in [-0.15, -0.1) is 0 Å². The van der Waals surface area contributed by atoms with Crippen LogP contribution in [0.5, 0.6) is 17.2 Å². The van der Waals surface area contributed by atoms with Gasteiger partial charge < -0.3 is 19.5 Å². The van der Waals surface area contributed by atoms with Gasteiger partial charge in [0, 0.05) is 11.6 Å². The van der Waals surface area contributed by atoms with Crippen LogP contribution in [0.3, 0.4) is 0 Å². The highest BCUT2D eigenvalue weighted by atomic mass is 35.5. The molecule has 0 saturated carbocycles. The molecule has 0 aliphatic carbocycles. The fourth-order valence-electron chi connectivity index (χ4n) is 2.14. The first-order chi connectivity index (χ1) is 11.6. The van der Waals surface area contributed by atoms with Gasteiger partial charge in [-0.3, -0.25) is 4.79 Å². The highest BCUT2D eigenvalue weighted by Gasteiger charge is 2.06. The van der Waals surface area contributed by atoms with Crippen LogP contribution < -0.4 is 19.5 Å². The van der Waals surface area contributed by atoms with Gasteiger partial charge in [-0.25, -0.2) is 0 Å². The maximum absolute atomic E-state index is 11.8. The maximum Gasteiger partial charge on any atom is 0.257 e. The molecule has 0 aliphatic rings. The summed E-state index contributed by atoms with van der Waals surface area (Å²) in [7, 11) is 3.19. The smallest absolute Gasteiger partial charge is 0.257 e. The number of methoxy groups -OCH3 is 2. The molecule has 0 atom stereocenters. The van der Waals surface area contributed by atoms with Gasteiger partial charge in [0.25, 0.3) is 5.91 Å². The molecular weight excluding hydrogens is 330 g/mol. The van der Waals surface area contributed by atoms with Crippen LogP contribution in [0, 0.1) is 0 Å². The van der Waals surface area contributed by atoms with Gasteiger partial charge in [-0.1, -0.05) is 23.7 Å². The summed E-state index contributed by atoms with van der Waals surface area (Å²) in [5.74, 6) is 1.74. The van der Waals surface area contributed by atoms with Crippen molar-refractivity contribution in [1.29, 1.82) is 0 Å². The van der Waals surface area contributed by atoms with Crippen LogP contribution in [0.4, 0.5) is 0 Å². The molecule has 2 aromatic carbocycles. The lowest BCUT2D eigenvalue weighted by Gasteiger charge is -2.10. The van der Waals surface area contributed by atoms with Crippen molar-refractivity contribution < 1.29 is 19.0 Å². The van der Waals surface area contributed by atoms with E-state index in [9.17, 15) is 4.79 Å². The van der Waals surface area contributed by atoms with Crippen LogP contribution in [0.15, 0.2) is 42.5 Å². The standard InChI is InChI=1S/C18H20ClNO4/c1-22-16-7-6-13(10-17(16)23-2)8-9-20-18(21)12-24-15-5-3-4-14(19)11-15/h3-7,10-11H,8-9,12H2,1-2H3,(H,20,21). The number of carbonyl (C=O) groups excluding carboxylic acids is 1. The van der Waals surface area contributed by atoms with E-state index in [1.165, 1.54) is 0 Å². The molecule has 2 aromatic rings. The summed E-state index contributed by atoms with van der Waals surface area (Å²) >= 11 is 5.86.